The lowest BCUT2D eigenvalue weighted by Crippen LogP contribution is -2.41. The van der Waals surface area contributed by atoms with Crippen molar-refractivity contribution in [3.8, 4) is 5.75 Å². The number of nitrogens with one attached hydrogen (secondary N) is 1. The molecule has 2 heterocycles. The van der Waals surface area contributed by atoms with E-state index in [0.717, 1.165) is 17.7 Å². The first-order chi connectivity index (χ1) is 15.3. The zero-order valence-electron chi connectivity index (χ0n) is 17.1. The Morgan fingerprint density at radius 2 is 1.97 bits per heavy atom. The summed E-state index contributed by atoms with van der Waals surface area (Å²) in [6.07, 6.45) is 0. The monoisotopic (exact) mass is 437 g/mol. The number of nitrogens with two attached hydrogens (primary N) is 1. The number of primary amides is 1. The zero-order valence-corrected chi connectivity index (χ0v) is 17.1. The number of nitrogens with zero attached hydrogens (tertiary/aromatic N) is 3. The molecule has 3 amide bonds. The minimum absolute atomic E-state index is 0.0698. The van der Waals surface area contributed by atoms with Crippen molar-refractivity contribution in [2.75, 3.05) is 13.6 Å². The number of rotatable bonds is 5. The number of hydrogen-bond donors (Lipinski definition) is 3. The summed E-state index contributed by atoms with van der Waals surface area (Å²) in [6, 6.07) is 12.4. The van der Waals surface area contributed by atoms with E-state index in [2.05, 4.69) is 10.4 Å². The third-order valence-electron chi connectivity index (χ3n) is 5.35. The fraction of sp³-hybridized carbons (Fsp3) is 0.182. The van der Waals surface area contributed by atoms with Gasteiger partial charge >= 0.3 is 0 Å². The lowest BCUT2D eigenvalue weighted by Gasteiger charge is -2.31. The minimum Gasteiger partial charge on any atom is -0.504 e. The van der Waals surface area contributed by atoms with Gasteiger partial charge in [-0.05, 0) is 23.3 Å². The van der Waals surface area contributed by atoms with Gasteiger partial charge in [-0.3, -0.25) is 14.4 Å². The number of halogens is 1. The van der Waals surface area contributed by atoms with Gasteiger partial charge in [0.1, 0.15) is 5.82 Å². The van der Waals surface area contributed by atoms with Crippen LogP contribution in [0.2, 0.25) is 0 Å². The Bertz CT molecular complexity index is 1220. The average molecular weight is 437 g/mol. The summed E-state index contributed by atoms with van der Waals surface area (Å²) in [5.41, 5.74) is 5.95. The van der Waals surface area contributed by atoms with Gasteiger partial charge in [-0.2, -0.15) is 5.10 Å². The number of hydrogen-bond acceptors (Lipinski definition) is 5. The number of aromatic nitrogens is 2. The maximum Gasteiger partial charge on any atom is 0.275 e. The molecule has 4 rings (SSSR count). The second-order valence-corrected chi connectivity index (χ2v) is 7.45. The topological polar surface area (TPSA) is 131 Å². The van der Waals surface area contributed by atoms with Crippen LogP contribution >= 0.6 is 0 Å². The van der Waals surface area contributed by atoms with E-state index >= 15 is 0 Å². The van der Waals surface area contributed by atoms with E-state index in [-0.39, 0.29) is 29.5 Å². The summed E-state index contributed by atoms with van der Waals surface area (Å²) >= 11 is 0. The summed E-state index contributed by atoms with van der Waals surface area (Å²) in [7, 11) is 1.61. The molecule has 9 nitrogen and oxygen atoms in total. The molecule has 2 aromatic carbocycles. The van der Waals surface area contributed by atoms with Crippen LogP contribution < -0.4 is 11.1 Å². The Hall–Kier alpha value is -4.21. The molecule has 1 aromatic heterocycles. The molecule has 0 aliphatic carbocycles. The van der Waals surface area contributed by atoms with E-state index in [1.165, 1.54) is 15.6 Å². The molecule has 1 aliphatic rings. The predicted octanol–water partition coefficient (Wildman–Crippen LogP) is 1.43. The molecular weight excluding hydrogens is 417 g/mol. The van der Waals surface area contributed by atoms with Crippen molar-refractivity contribution >= 4 is 17.7 Å². The first kappa shape index (κ1) is 21.0. The van der Waals surface area contributed by atoms with E-state index in [4.69, 9.17) is 5.73 Å². The van der Waals surface area contributed by atoms with Crippen LogP contribution in [-0.2, 0) is 6.54 Å². The SMILES string of the molecule is CN1C[C@@H](c2ccccc2)n2nc(C(=O)NCc3ccc(F)cc3C(N)=O)c(O)c2C1=O. The largest absolute Gasteiger partial charge is 0.504 e. The number of carbonyl (C=O) groups excluding carboxylic acids is 3. The molecule has 0 saturated carbocycles. The van der Waals surface area contributed by atoms with Crippen molar-refractivity contribution in [3.63, 3.8) is 0 Å². The summed E-state index contributed by atoms with van der Waals surface area (Å²) in [4.78, 5) is 38.5. The Balaban J connectivity index is 1.65. The summed E-state index contributed by atoms with van der Waals surface area (Å²) in [6.45, 7) is 0.157. The van der Waals surface area contributed by atoms with Crippen molar-refractivity contribution in [3.05, 3.63) is 82.4 Å². The van der Waals surface area contributed by atoms with Crippen molar-refractivity contribution in [2.24, 2.45) is 5.73 Å². The number of likely N-dealkylation sites (N-methyl/N-ethyl adjacent to an activating group) is 1. The third kappa shape index (κ3) is 3.66. The number of fused-ring (bicyclic) bond motifs is 1. The summed E-state index contributed by atoms with van der Waals surface area (Å²) in [5.74, 6) is -3.23. The quantitative estimate of drug-likeness (QED) is 0.556. The number of benzene rings is 2. The number of carbonyl (C=O) groups is 3. The zero-order chi connectivity index (χ0) is 23.0. The van der Waals surface area contributed by atoms with Crippen LogP contribution in [0.5, 0.6) is 5.75 Å². The van der Waals surface area contributed by atoms with Crippen molar-refractivity contribution < 1.29 is 23.9 Å². The standard InChI is InChI=1S/C22H20FN5O4/c1-27-11-16(12-5-3-2-4-6-12)28-18(22(27)32)19(29)17(26-28)21(31)25-10-13-7-8-14(23)9-15(13)20(24)30/h2-9,16,29H,10-11H2,1H3,(H2,24,30)(H,25,31)/t16-/m0/s1. The first-order valence-corrected chi connectivity index (χ1v) is 9.76. The van der Waals surface area contributed by atoms with Crippen LogP contribution in [0, 0.1) is 5.82 Å². The fourth-order valence-electron chi connectivity index (χ4n) is 3.72. The van der Waals surface area contributed by atoms with Gasteiger partial charge < -0.3 is 21.1 Å². The molecule has 0 unspecified atom stereocenters. The van der Waals surface area contributed by atoms with Gasteiger partial charge in [0.15, 0.2) is 17.1 Å². The summed E-state index contributed by atoms with van der Waals surface area (Å²) in [5, 5.41) is 17.4. The lowest BCUT2D eigenvalue weighted by molar-refractivity contribution is 0.0719. The molecule has 0 saturated heterocycles. The van der Waals surface area contributed by atoms with Gasteiger partial charge in [0.2, 0.25) is 5.91 Å². The Kier molecular flexibility index (Phi) is 5.35. The molecule has 0 fully saturated rings. The van der Waals surface area contributed by atoms with Gasteiger partial charge in [0.05, 0.1) is 6.04 Å². The maximum atomic E-state index is 13.4. The second-order valence-electron chi connectivity index (χ2n) is 7.45. The van der Waals surface area contributed by atoms with E-state index in [9.17, 15) is 23.9 Å². The number of amides is 3. The Labute approximate surface area is 182 Å². The predicted molar refractivity (Wildman–Crippen MR) is 112 cm³/mol. The van der Waals surface area contributed by atoms with Crippen LogP contribution in [0.25, 0.3) is 0 Å². The highest BCUT2D eigenvalue weighted by atomic mass is 19.1. The van der Waals surface area contributed by atoms with Crippen LogP contribution in [0.15, 0.2) is 48.5 Å². The summed E-state index contributed by atoms with van der Waals surface area (Å²) < 4.78 is 14.8. The molecule has 1 atom stereocenters. The molecule has 0 spiro atoms. The minimum atomic E-state index is -0.839. The highest BCUT2D eigenvalue weighted by molar-refractivity contribution is 6.02. The second kappa shape index (κ2) is 8.14. The van der Waals surface area contributed by atoms with Gasteiger partial charge in [-0.1, -0.05) is 36.4 Å². The molecule has 0 bridgehead atoms. The molecule has 10 heteroatoms. The molecule has 0 radical (unpaired) electrons. The molecular formula is C22H20FN5O4. The van der Waals surface area contributed by atoms with Gasteiger partial charge in [-0.25, -0.2) is 9.07 Å². The van der Waals surface area contributed by atoms with E-state index < -0.39 is 29.3 Å². The van der Waals surface area contributed by atoms with E-state index in [1.807, 2.05) is 30.3 Å². The smallest absolute Gasteiger partial charge is 0.275 e. The number of aromatic hydroxyl groups is 1. The maximum absolute atomic E-state index is 13.4. The van der Waals surface area contributed by atoms with Gasteiger partial charge in [-0.15, -0.1) is 0 Å². The highest BCUT2D eigenvalue weighted by Crippen LogP contribution is 2.33. The van der Waals surface area contributed by atoms with Gasteiger partial charge in [0, 0.05) is 25.7 Å². The van der Waals surface area contributed by atoms with Crippen LogP contribution in [0.4, 0.5) is 4.39 Å². The van der Waals surface area contributed by atoms with E-state index in [0.29, 0.717) is 12.1 Å². The van der Waals surface area contributed by atoms with E-state index in [1.54, 1.807) is 7.05 Å². The Morgan fingerprint density at radius 3 is 2.66 bits per heavy atom. The highest BCUT2D eigenvalue weighted by Gasteiger charge is 2.37. The first-order valence-electron chi connectivity index (χ1n) is 9.76. The molecule has 4 N–H and O–H groups in total. The Morgan fingerprint density at radius 1 is 1.25 bits per heavy atom. The van der Waals surface area contributed by atoms with Crippen LogP contribution in [-0.4, -0.2) is 51.1 Å². The fourth-order valence-corrected chi connectivity index (χ4v) is 3.72. The van der Waals surface area contributed by atoms with Crippen LogP contribution in [0.1, 0.15) is 48.5 Å². The average Bonchev–Trinajstić information content (AvgIpc) is 3.13. The van der Waals surface area contributed by atoms with Gasteiger partial charge in [0.25, 0.3) is 11.8 Å². The molecule has 164 valence electrons. The molecule has 32 heavy (non-hydrogen) atoms. The van der Waals surface area contributed by atoms with Crippen molar-refractivity contribution in [2.45, 2.75) is 12.6 Å². The third-order valence-corrected chi connectivity index (χ3v) is 5.35. The van der Waals surface area contributed by atoms with Crippen molar-refractivity contribution in [1.29, 1.82) is 0 Å². The van der Waals surface area contributed by atoms with Crippen LogP contribution in [0.3, 0.4) is 0 Å². The molecule has 3 aromatic rings. The molecule has 1 aliphatic heterocycles. The van der Waals surface area contributed by atoms with Crippen molar-refractivity contribution in [1.82, 2.24) is 20.0 Å². The normalized spacial score (nSPS) is 15.4. The lowest BCUT2D eigenvalue weighted by atomic mass is 10.0.